The number of benzene rings is 1. The maximum absolute atomic E-state index is 13.1. The van der Waals surface area contributed by atoms with E-state index in [1.165, 1.54) is 12.1 Å². The Bertz CT molecular complexity index is 493. The van der Waals surface area contributed by atoms with Crippen LogP contribution in [0.4, 0.5) is 4.39 Å². The molecule has 0 unspecified atom stereocenters. The summed E-state index contributed by atoms with van der Waals surface area (Å²) < 4.78 is 13.1. The Morgan fingerprint density at radius 1 is 1.33 bits per heavy atom. The van der Waals surface area contributed by atoms with Gasteiger partial charge in [0, 0.05) is 11.8 Å². The summed E-state index contributed by atoms with van der Waals surface area (Å²) in [7, 11) is 0. The Morgan fingerprint density at radius 2 is 2.13 bits per heavy atom. The topological polar surface area (TPSA) is 32.9 Å². The highest BCUT2D eigenvalue weighted by atomic mass is 35.5. The normalized spacial score (nSPS) is 10.3. The number of aromatic nitrogens is 1. The Labute approximate surface area is 90.7 Å². The molecule has 4 heteroatoms. The molecule has 0 bridgehead atoms. The highest BCUT2D eigenvalue weighted by molar-refractivity contribution is 6.30. The van der Waals surface area contributed by atoms with Crippen molar-refractivity contribution in [2.75, 3.05) is 0 Å². The smallest absolute Gasteiger partial charge is 0.209 e. The van der Waals surface area contributed by atoms with Crippen LogP contribution >= 0.6 is 11.6 Å². The summed E-state index contributed by atoms with van der Waals surface area (Å²) in [6.45, 7) is 0. The molecule has 2 aromatic rings. The van der Waals surface area contributed by atoms with Crippen LogP contribution < -0.4 is 0 Å². The number of H-pyrrole nitrogens is 1. The lowest BCUT2D eigenvalue weighted by Gasteiger charge is -1.99. The van der Waals surface area contributed by atoms with Crippen LogP contribution in [0, 0.1) is 5.82 Å². The SMILES string of the molecule is O=C(c1ccc(Cl)c(F)c1)c1ccc[nH]1. The first-order valence-electron chi connectivity index (χ1n) is 4.31. The van der Waals surface area contributed by atoms with E-state index in [2.05, 4.69) is 4.98 Å². The summed E-state index contributed by atoms with van der Waals surface area (Å²) >= 11 is 5.52. The Hall–Kier alpha value is -1.61. The van der Waals surface area contributed by atoms with Crippen LogP contribution in [0.25, 0.3) is 0 Å². The van der Waals surface area contributed by atoms with Crippen LogP contribution in [0.2, 0.25) is 5.02 Å². The maximum Gasteiger partial charge on any atom is 0.209 e. The molecule has 0 saturated heterocycles. The van der Waals surface area contributed by atoms with Gasteiger partial charge in [-0.15, -0.1) is 0 Å². The zero-order chi connectivity index (χ0) is 10.8. The number of ketones is 1. The van der Waals surface area contributed by atoms with Gasteiger partial charge in [-0.3, -0.25) is 4.79 Å². The number of carbonyl (C=O) groups is 1. The standard InChI is InChI=1S/C11H7ClFNO/c12-8-4-3-7(6-9(8)13)11(15)10-2-1-5-14-10/h1-6,14H. The van der Waals surface area contributed by atoms with E-state index in [4.69, 9.17) is 11.6 Å². The van der Waals surface area contributed by atoms with Crippen molar-refractivity contribution in [3.8, 4) is 0 Å². The molecule has 0 radical (unpaired) electrons. The van der Waals surface area contributed by atoms with Crippen molar-refractivity contribution in [1.29, 1.82) is 0 Å². The largest absolute Gasteiger partial charge is 0.359 e. The molecule has 0 fully saturated rings. The molecule has 1 N–H and O–H groups in total. The first-order valence-corrected chi connectivity index (χ1v) is 4.69. The van der Waals surface area contributed by atoms with E-state index in [1.54, 1.807) is 18.3 Å². The van der Waals surface area contributed by atoms with E-state index in [0.717, 1.165) is 6.07 Å². The van der Waals surface area contributed by atoms with Gasteiger partial charge in [0.2, 0.25) is 5.78 Å². The predicted molar refractivity (Wildman–Crippen MR) is 55.6 cm³/mol. The Balaban J connectivity index is 2.39. The molecule has 76 valence electrons. The van der Waals surface area contributed by atoms with E-state index in [0.29, 0.717) is 5.69 Å². The second-order valence-corrected chi connectivity index (χ2v) is 3.45. The molecule has 0 spiro atoms. The van der Waals surface area contributed by atoms with Gasteiger partial charge < -0.3 is 4.98 Å². The number of halogens is 2. The minimum absolute atomic E-state index is 0.0121. The Kier molecular flexibility index (Phi) is 2.56. The molecule has 1 heterocycles. The monoisotopic (exact) mass is 223 g/mol. The van der Waals surface area contributed by atoms with Gasteiger partial charge >= 0.3 is 0 Å². The third kappa shape index (κ3) is 1.92. The molecule has 0 amide bonds. The van der Waals surface area contributed by atoms with Gasteiger partial charge in [0.25, 0.3) is 0 Å². The highest BCUT2D eigenvalue weighted by Crippen LogP contribution is 2.17. The summed E-state index contributed by atoms with van der Waals surface area (Å²) in [5.41, 5.74) is 0.705. The number of nitrogens with one attached hydrogen (secondary N) is 1. The third-order valence-electron chi connectivity index (χ3n) is 2.02. The third-order valence-corrected chi connectivity index (χ3v) is 2.33. The van der Waals surface area contributed by atoms with E-state index < -0.39 is 5.82 Å². The number of hydrogen-bond donors (Lipinski definition) is 1. The number of rotatable bonds is 2. The molecular formula is C11H7ClFNO. The zero-order valence-electron chi connectivity index (χ0n) is 7.63. The predicted octanol–water partition coefficient (Wildman–Crippen LogP) is 3.04. The Morgan fingerprint density at radius 3 is 2.73 bits per heavy atom. The van der Waals surface area contributed by atoms with Crippen LogP contribution in [0.3, 0.4) is 0 Å². The van der Waals surface area contributed by atoms with Crippen LogP contribution in [0.1, 0.15) is 16.1 Å². The average Bonchev–Trinajstić information content (AvgIpc) is 2.74. The quantitative estimate of drug-likeness (QED) is 0.780. The van der Waals surface area contributed by atoms with Gasteiger partial charge in [-0.2, -0.15) is 0 Å². The number of carbonyl (C=O) groups excluding carboxylic acids is 1. The molecule has 15 heavy (non-hydrogen) atoms. The minimum Gasteiger partial charge on any atom is -0.359 e. The molecule has 0 atom stereocenters. The van der Waals surface area contributed by atoms with Crippen LogP contribution in [0.15, 0.2) is 36.5 Å². The summed E-state index contributed by atoms with van der Waals surface area (Å²) in [4.78, 5) is 14.5. The van der Waals surface area contributed by atoms with E-state index in [-0.39, 0.29) is 16.4 Å². The number of aromatic amines is 1. The molecule has 0 aliphatic carbocycles. The maximum atomic E-state index is 13.1. The fourth-order valence-corrected chi connectivity index (χ4v) is 1.38. The first kappa shape index (κ1) is 9.93. The summed E-state index contributed by atoms with van der Waals surface area (Å²) in [5, 5.41) is 0.0121. The van der Waals surface area contributed by atoms with Gasteiger partial charge in [-0.25, -0.2) is 4.39 Å². The second kappa shape index (κ2) is 3.87. The molecule has 1 aromatic carbocycles. The molecule has 0 aliphatic heterocycles. The minimum atomic E-state index is -0.589. The summed E-state index contributed by atoms with van der Waals surface area (Å²) in [5.74, 6) is -0.843. The molecule has 2 nitrogen and oxygen atoms in total. The number of hydrogen-bond acceptors (Lipinski definition) is 1. The van der Waals surface area contributed by atoms with Crippen LogP contribution in [-0.2, 0) is 0 Å². The molecule has 2 rings (SSSR count). The van der Waals surface area contributed by atoms with Gasteiger partial charge in [-0.05, 0) is 30.3 Å². The van der Waals surface area contributed by atoms with E-state index in [9.17, 15) is 9.18 Å². The fraction of sp³-hybridized carbons (Fsp3) is 0. The van der Waals surface area contributed by atoms with E-state index in [1.807, 2.05) is 0 Å². The van der Waals surface area contributed by atoms with Crippen LogP contribution in [0.5, 0.6) is 0 Å². The molecule has 1 aromatic heterocycles. The lowest BCUT2D eigenvalue weighted by Crippen LogP contribution is -2.01. The van der Waals surface area contributed by atoms with Gasteiger partial charge in [0.15, 0.2) is 0 Å². The first-order chi connectivity index (χ1) is 7.18. The van der Waals surface area contributed by atoms with Crippen LogP contribution in [-0.4, -0.2) is 10.8 Å². The fourth-order valence-electron chi connectivity index (χ4n) is 1.26. The summed E-state index contributed by atoms with van der Waals surface area (Å²) in [6, 6.07) is 7.33. The van der Waals surface area contributed by atoms with Crippen molar-refractivity contribution in [1.82, 2.24) is 4.98 Å². The second-order valence-electron chi connectivity index (χ2n) is 3.04. The highest BCUT2D eigenvalue weighted by Gasteiger charge is 2.11. The lowest BCUT2D eigenvalue weighted by molar-refractivity contribution is 0.103. The van der Waals surface area contributed by atoms with E-state index >= 15 is 0 Å². The van der Waals surface area contributed by atoms with Crippen molar-refractivity contribution in [3.05, 3.63) is 58.6 Å². The van der Waals surface area contributed by atoms with Crippen molar-refractivity contribution in [3.63, 3.8) is 0 Å². The molecule has 0 saturated carbocycles. The van der Waals surface area contributed by atoms with Crippen molar-refractivity contribution in [2.24, 2.45) is 0 Å². The van der Waals surface area contributed by atoms with Gasteiger partial charge in [-0.1, -0.05) is 11.6 Å². The van der Waals surface area contributed by atoms with Gasteiger partial charge in [0.05, 0.1) is 10.7 Å². The molecular weight excluding hydrogens is 217 g/mol. The average molecular weight is 224 g/mol. The van der Waals surface area contributed by atoms with Crippen molar-refractivity contribution < 1.29 is 9.18 Å². The lowest BCUT2D eigenvalue weighted by atomic mass is 10.1. The summed E-state index contributed by atoms with van der Waals surface area (Å²) in [6.07, 6.45) is 1.64. The van der Waals surface area contributed by atoms with Crippen molar-refractivity contribution in [2.45, 2.75) is 0 Å². The zero-order valence-corrected chi connectivity index (χ0v) is 8.38. The molecule has 0 aliphatic rings. The van der Waals surface area contributed by atoms with Crippen molar-refractivity contribution >= 4 is 17.4 Å². The van der Waals surface area contributed by atoms with Gasteiger partial charge in [0.1, 0.15) is 5.82 Å².